The Kier molecular flexibility index (Phi) is 7.17. The van der Waals surface area contributed by atoms with E-state index in [1.165, 1.54) is 18.1 Å². The van der Waals surface area contributed by atoms with E-state index in [1.807, 2.05) is 6.07 Å². The van der Waals surface area contributed by atoms with Crippen LogP contribution in [0.15, 0.2) is 72.3 Å². The van der Waals surface area contributed by atoms with Gasteiger partial charge in [-0.25, -0.2) is 0 Å². The monoisotopic (exact) mass is 512 g/mol. The van der Waals surface area contributed by atoms with Gasteiger partial charge in [-0.2, -0.15) is 0 Å². The Balaban J connectivity index is 1.68. The van der Waals surface area contributed by atoms with Gasteiger partial charge in [0, 0.05) is 11.6 Å². The fraction of sp³-hybridized carbons (Fsp3) is 0.0800. The predicted molar refractivity (Wildman–Crippen MR) is 136 cm³/mol. The molecular weight excluding hydrogens is 495 g/mol. The van der Waals surface area contributed by atoms with Crippen LogP contribution in [0.2, 0.25) is 10.0 Å². The minimum Gasteiger partial charge on any atom is -0.497 e. The average Bonchev–Trinajstić information content (AvgIpc) is 2.83. The molecule has 1 N–H and O–H groups in total. The zero-order valence-electron chi connectivity index (χ0n) is 17.9. The first kappa shape index (κ1) is 23.8. The van der Waals surface area contributed by atoms with Gasteiger partial charge in [0.1, 0.15) is 23.7 Å². The van der Waals surface area contributed by atoms with Crippen LogP contribution in [-0.2, 0) is 16.2 Å². The fourth-order valence-electron chi connectivity index (χ4n) is 3.30. The molecule has 34 heavy (non-hydrogen) atoms. The van der Waals surface area contributed by atoms with Crippen LogP contribution in [0.5, 0.6) is 11.5 Å². The van der Waals surface area contributed by atoms with Crippen molar-refractivity contribution in [2.45, 2.75) is 6.61 Å². The number of methoxy groups -OCH3 is 1. The quantitative estimate of drug-likeness (QED) is 0.271. The summed E-state index contributed by atoms with van der Waals surface area (Å²) in [5, 5.41) is 3.45. The summed E-state index contributed by atoms with van der Waals surface area (Å²) in [7, 11) is 1.53. The van der Waals surface area contributed by atoms with Crippen molar-refractivity contribution in [1.82, 2.24) is 5.32 Å². The Morgan fingerprint density at radius 1 is 1.00 bits per heavy atom. The van der Waals surface area contributed by atoms with Crippen molar-refractivity contribution in [2.24, 2.45) is 0 Å². The lowest BCUT2D eigenvalue weighted by Crippen LogP contribution is -2.54. The normalized spacial score (nSPS) is 14.9. The molecule has 2 amide bonds. The highest BCUT2D eigenvalue weighted by atomic mass is 35.5. The van der Waals surface area contributed by atoms with Crippen molar-refractivity contribution < 1.29 is 19.1 Å². The highest BCUT2D eigenvalue weighted by Gasteiger charge is 2.34. The van der Waals surface area contributed by atoms with Crippen LogP contribution >= 0.6 is 35.4 Å². The van der Waals surface area contributed by atoms with Crippen LogP contribution in [0, 0.1) is 0 Å². The van der Waals surface area contributed by atoms with Gasteiger partial charge in [0.25, 0.3) is 11.8 Å². The molecule has 0 saturated carbocycles. The van der Waals surface area contributed by atoms with Gasteiger partial charge in [0.15, 0.2) is 5.11 Å². The second-order valence-corrected chi connectivity index (χ2v) is 8.44. The summed E-state index contributed by atoms with van der Waals surface area (Å²) in [5.74, 6) is -0.157. The van der Waals surface area contributed by atoms with Gasteiger partial charge in [-0.3, -0.25) is 19.8 Å². The first-order chi connectivity index (χ1) is 16.4. The molecule has 0 spiro atoms. The summed E-state index contributed by atoms with van der Waals surface area (Å²) >= 11 is 17.3. The molecule has 1 aliphatic rings. The van der Waals surface area contributed by atoms with E-state index in [9.17, 15) is 9.59 Å². The lowest BCUT2D eigenvalue weighted by Gasteiger charge is -2.29. The maximum absolute atomic E-state index is 13.3. The second-order valence-electron chi connectivity index (χ2n) is 7.23. The molecule has 9 heteroatoms. The van der Waals surface area contributed by atoms with Crippen LogP contribution < -0.4 is 19.7 Å². The number of amides is 2. The molecule has 1 aliphatic heterocycles. The number of thiocarbonyl (C=S) groups is 1. The summed E-state index contributed by atoms with van der Waals surface area (Å²) in [6.07, 6.45) is 1.47. The maximum Gasteiger partial charge on any atom is 0.270 e. The van der Waals surface area contributed by atoms with Crippen LogP contribution in [-0.4, -0.2) is 24.0 Å². The number of carbonyl (C=O) groups excluding carboxylic acids is 2. The Morgan fingerprint density at radius 3 is 2.47 bits per heavy atom. The van der Waals surface area contributed by atoms with Crippen molar-refractivity contribution in [1.29, 1.82) is 0 Å². The summed E-state index contributed by atoms with van der Waals surface area (Å²) in [6.45, 7) is 0.181. The van der Waals surface area contributed by atoms with Crippen molar-refractivity contribution >= 4 is 64.1 Å². The summed E-state index contributed by atoms with van der Waals surface area (Å²) < 4.78 is 11.3. The first-order valence-electron chi connectivity index (χ1n) is 10.1. The lowest BCUT2D eigenvalue weighted by atomic mass is 10.1. The number of hydrogen-bond acceptors (Lipinski definition) is 5. The van der Waals surface area contributed by atoms with Gasteiger partial charge < -0.3 is 9.47 Å². The molecule has 1 saturated heterocycles. The van der Waals surface area contributed by atoms with Crippen LogP contribution in [0.25, 0.3) is 6.08 Å². The van der Waals surface area contributed by atoms with E-state index in [-0.39, 0.29) is 17.3 Å². The maximum atomic E-state index is 13.3. The van der Waals surface area contributed by atoms with Crippen molar-refractivity contribution in [3.8, 4) is 11.5 Å². The smallest absolute Gasteiger partial charge is 0.270 e. The number of halogens is 2. The number of hydrogen-bond donors (Lipinski definition) is 1. The molecule has 0 atom stereocenters. The highest BCUT2D eigenvalue weighted by Crippen LogP contribution is 2.30. The third kappa shape index (κ3) is 5.07. The SMILES string of the molecule is COc1ccc(/C=C2/C(=O)NC(=S)N(c3ccccc3)C2=O)c(OCc2ccc(Cl)c(Cl)c2)c1. The fourth-order valence-corrected chi connectivity index (χ4v) is 3.90. The molecule has 6 nitrogen and oxygen atoms in total. The Hall–Kier alpha value is -3.39. The zero-order valence-corrected chi connectivity index (χ0v) is 20.2. The number of benzene rings is 3. The van der Waals surface area contributed by atoms with E-state index in [0.29, 0.717) is 32.8 Å². The average molecular weight is 513 g/mol. The predicted octanol–water partition coefficient (Wildman–Crippen LogP) is 5.41. The Bertz CT molecular complexity index is 1310. The van der Waals surface area contributed by atoms with E-state index in [0.717, 1.165) is 5.56 Å². The molecule has 0 aliphatic carbocycles. The second kappa shape index (κ2) is 10.3. The Morgan fingerprint density at radius 2 is 1.76 bits per heavy atom. The van der Waals surface area contributed by atoms with E-state index in [2.05, 4.69) is 5.32 Å². The summed E-state index contributed by atoms with van der Waals surface area (Å²) in [4.78, 5) is 27.2. The third-order valence-corrected chi connectivity index (χ3v) is 6.04. The van der Waals surface area contributed by atoms with E-state index in [1.54, 1.807) is 60.7 Å². The van der Waals surface area contributed by atoms with Gasteiger partial charge >= 0.3 is 0 Å². The number of para-hydroxylation sites is 1. The third-order valence-electron chi connectivity index (χ3n) is 5.01. The minimum absolute atomic E-state index is 0.0178. The molecule has 0 bridgehead atoms. The molecule has 4 rings (SSSR count). The van der Waals surface area contributed by atoms with Gasteiger partial charge in [-0.15, -0.1) is 0 Å². The van der Waals surface area contributed by atoms with E-state index in [4.69, 9.17) is 44.9 Å². The molecule has 0 radical (unpaired) electrons. The van der Waals surface area contributed by atoms with Gasteiger partial charge in [0.2, 0.25) is 0 Å². The first-order valence-corrected chi connectivity index (χ1v) is 11.2. The number of nitrogens with zero attached hydrogens (tertiary/aromatic N) is 1. The molecule has 1 fully saturated rings. The number of carbonyl (C=O) groups is 2. The van der Waals surface area contributed by atoms with Crippen LogP contribution in [0.3, 0.4) is 0 Å². The van der Waals surface area contributed by atoms with Gasteiger partial charge in [-0.1, -0.05) is 47.5 Å². The molecule has 0 unspecified atom stereocenters. The summed E-state index contributed by atoms with van der Waals surface area (Å²) in [6, 6.07) is 19.1. The van der Waals surface area contributed by atoms with E-state index >= 15 is 0 Å². The van der Waals surface area contributed by atoms with Crippen molar-refractivity contribution in [2.75, 3.05) is 12.0 Å². The standard InChI is InChI=1S/C25H18Cl2N2O4S/c1-32-18-9-8-16(22(13-18)33-14-15-7-10-20(26)21(27)11-15)12-19-23(30)28-25(34)29(24(19)31)17-5-3-2-4-6-17/h2-13H,14H2,1H3,(H,28,30,34)/b19-12-. The molecule has 172 valence electrons. The number of rotatable bonds is 6. The largest absolute Gasteiger partial charge is 0.497 e. The van der Waals surface area contributed by atoms with E-state index < -0.39 is 11.8 Å². The van der Waals surface area contributed by atoms with Crippen LogP contribution in [0.1, 0.15) is 11.1 Å². The molecule has 3 aromatic rings. The highest BCUT2D eigenvalue weighted by molar-refractivity contribution is 7.80. The van der Waals surface area contributed by atoms with Crippen molar-refractivity contribution in [3.63, 3.8) is 0 Å². The molecule has 0 aromatic heterocycles. The summed E-state index contributed by atoms with van der Waals surface area (Å²) in [5.41, 5.74) is 1.78. The van der Waals surface area contributed by atoms with Crippen LogP contribution in [0.4, 0.5) is 5.69 Å². The number of nitrogens with one attached hydrogen (secondary N) is 1. The van der Waals surface area contributed by atoms with Gasteiger partial charge in [-0.05, 0) is 60.3 Å². The molecule has 3 aromatic carbocycles. The van der Waals surface area contributed by atoms with Gasteiger partial charge in [0.05, 0.1) is 22.8 Å². The van der Waals surface area contributed by atoms with Crippen molar-refractivity contribution in [3.05, 3.63) is 93.5 Å². The Labute approximate surface area is 211 Å². The minimum atomic E-state index is -0.589. The lowest BCUT2D eigenvalue weighted by molar-refractivity contribution is -0.122. The number of ether oxygens (including phenoxy) is 2. The number of anilines is 1. The zero-order chi connectivity index (χ0) is 24.2. The topological polar surface area (TPSA) is 67.9 Å². The molecular formula is C25H18Cl2N2O4S. The molecule has 1 heterocycles.